The van der Waals surface area contributed by atoms with Crippen molar-refractivity contribution in [3.63, 3.8) is 0 Å². The highest BCUT2D eigenvalue weighted by Crippen LogP contribution is 2.21. The number of nitrogens with zero attached hydrogens (tertiary/aromatic N) is 2. The summed E-state index contributed by atoms with van der Waals surface area (Å²) in [6, 6.07) is 14.2. The maximum absolute atomic E-state index is 13.4. The molecule has 0 saturated carbocycles. The number of hydrogen-bond acceptors (Lipinski definition) is 4. The number of carbonyl (C=O) groups excluding carboxylic acids is 1. The molecular weight excluding hydrogens is 397 g/mol. The minimum absolute atomic E-state index is 0.0786. The van der Waals surface area contributed by atoms with Crippen molar-refractivity contribution in [3.8, 4) is 0 Å². The summed E-state index contributed by atoms with van der Waals surface area (Å²) in [4.78, 5) is 18.3. The molecule has 2 aromatic carbocycles. The number of amides is 1. The van der Waals surface area contributed by atoms with Gasteiger partial charge in [0.05, 0.1) is 19.3 Å². The molecule has 2 aromatic rings. The minimum atomic E-state index is -0.239. The van der Waals surface area contributed by atoms with Gasteiger partial charge in [-0.2, -0.15) is 0 Å². The van der Waals surface area contributed by atoms with E-state index < -0.39 is 0 Å². The normalized spacial score (nSPS) is 15.9. The van der Waals surface area contributed by atoms with Crippen molar-refractivity contribution in [1.29, 1.82) is 0 Å². The van der Waals surface area contributed by atoms with Crippen LogP contribution in [0.5, 0.6) is 0 Å². The standard InChI is InChI=1S/C23H30FN5O2/c1-25-22(30)19-5-3-17(4-6-19)15-27-23(26-2)28-16-21(29-11-13-31-14-12-29)18-7-9-20(24)10-8-18/h3-10,21H,11-16H2,1-2H3,(H,25,30)(H2,26,27,28). The van der Waals surface area contributed by atoms with Gasteiger partial charge < -0.3 is 20.7 Å². The van der Waals surface area contributed by atoms with Crippen LogP contribution in [0.2, 0.25) is 0 Å². The molecule has 31 heavy (non-hydrogen) atoms. The largest absolute Gasteiger partial charge is 0.379 e. The fourth-order valence-corrected chi connectivity index (χ4v) is 3.55. The van der Waals surface area contributed by atoms with Gasteiger partial charge in [-0.15, -0.1) is 0 Å². The van der Waals surface area contributed by atoms with Crippen molar-refractivity contribution >= 4 is 11.9 Å². The van der Waals surface area contributed by atoms with E-state index >= 15 is 0 Å². The number of hydrogen-bond donors (Lipinski definition) is 3. The molecule has 0 bridgehead atoms. The molecule has 8 heteroatoms. The SMILES string of the molecule is CN=C(NCc1ccc(C(=O)NC)cc1)NCC(c1ccc(F)cc1)N1CCOCC1. The van der Waals surface area contributed by atoms with Gasteiger partial charge in [-0.05, 0) is 35.4 Å². The van der Waals surface area contributed by atoms with Crippen LogP contribution in [0, 0.1) is 5.82 Å². The van der Waals surface area contributed by atoms with E-state index in [-0.39, 0.29) is 17.8 Å². The van der Waals surface area contributed by atoms with Crippen molar-refractivity contribution in [2.24, 2.45) is 4.99 Å². The number of halogens is 1. The number of carbonyl (C=O) groups is 1. The summed E-state index contributed by atoms with van der Waals surface area (Å²) in [5.74, 6) is 0.333. The van der Waals surface area contributed by atoms with Gasteiger partial charge >= 0.3 is 0 Å². The molecule has 3 rings (SSSR count). The molecular formula is C23H30FN5O2. The van der Waals surface area contributed by atoms with Gasteiger partial charge in [0.15, 0.2) is 5.96 Å². The average Bonchev–Trinajstić information content (AvgIpc) is 2.82. The Labute approximate surface area is 182 Å². The zero-order valence-corrected chi connectivity index (χ0v) is 18.0. The van der Waals surface area contributed by atoms with Crippen molar-refractivity contribution in [2.75, 3.05) is 46.9 Å². The monoisotopic (exact) mass is 427 g/mol. The number of ether oxygens (including phenoxy) is 1. The molecule has 1 saturated heterocycles. The van der Waals surface area contributed by atoms with E-state index in [9.17, 15) is 9.18 Å². The van der Waals surface area contributed by atoms with Crippen LogP contribution in [0.15, 0.2) is 53.5 Å². The Morgan fingerprint density at radius 3 is 2.39 bits per heavy atom. The van der Waals surface area contributed by atoms with Crippen LogP contribution >= 0.6 is 0 Å². The number of nitrogens with one attached hydrogen (secondary N) is 3. The highest BCUT2D eigenvalue weighted by Gasteiger charge is 2.23. The number of benzene rings is 2. The Hall–Kier alpha value is -2.97. The third-order valence-electron chi connectivity index (χ3n) is 5.33. The molecule has 0 aromatic heterocycles. The zero-order valence-electron chi connectivity index (χ0n) is 18.0. The average molecular weight is 428 g/mol. The Morgan fingerprint density at radius 2 is 1.77 bits per heavy atom. The molecule has 1 aliphatic rings. The first-order chi connectivity index (χ1) is 15.1. The molecule has 3 N–H and O–H groups in total. The van der Waals surface area contributed by atoms with Crippen molar-refractivity contribution in [1.82, 2.24) is 20.9 Å². The summed E-state index contributed by atoms with van der Waals surface area (Å²) in [6.07, 6.45) is 0. The maximum atomic E-state index is 13.4. The van der Waals surface area contributed by atoms with E-state index in [1.54, 1.807) is 26.2 Å². The Balaban J connectivity index is 1.59. The molecule has 1 heterocycles. The second kappa shape index (κ2) is 11.4. The van der Waals surface area contributed by atoms with Gasteiger partial charge in [-0.1, -0.05) is 24.3 Å². The highest BCUT2D eigenvalue weighted by molar-refractivity contribution is 5.93. The van der Waals surface area contributed by atoms with E-state index in [4.69, 9.17) is 4.74 Å². The van der Waals surface area contributed by atoms with Crippen LogP contribution in [0.25, 0.3) is 0 Å². The first-order valence-corrected chi connectivity index (χ1v) is 10.4. The fourth-order valence-electron chi connectivity index (χ4n) is 3.55. The van der Waals surface area contributed by atoms with E-state index in [0.29, 0.717) is 37.8 Å². The predicted octanol–water partition coefficient (Wildman–Crippen LogP) is 1.92. The van der Waals surface area contributed by atoms with Gasteiger partial charge in [0.2, 0.25) is 0 Å². The van der Waals surface area contributed by atoms with Crippen molar-refractivity contribution < 1.29 is 13.9 Å². The molecule has 1 aliphatic heterocycles. The van der Waals surface area contributed by atoms with E-state index in [0.717, 1.165) is 24.2 Å². The number of morpholine rings is 1. The minimum Gasteiger partial charge on any atom is -0.379 e. The lowest BCUT2D eigenvalue weighted by atomic mass is 10.0. The van der Waals surface area contributed by atoms with Crippen molar-refractivity contribution in [2.45, 2.75) is 12.6 Å². The highest BCUT2D eigenvalue weighted by atomic mass is 19.1. The number of rotatable bonds is 7. The summed E-state index contributed by atoms with van der Waals surface area (Å²) in [7, 11) is 3.34. The lowest BCUT2D eigenvalue weighted by Gasteiger charge is -2.35. The molecule has 1 fully saturated rings. The van der Waals surface area contributed by atoms with Crippen molar-refractivity contribution in [3.05, 3.63) is 71.0 Å². The third-order valence-corrected chi connectivity index (χ3v) is 5.33. The fraction of sp³-hybridized carbons (Fsp3) is 0.391. The summed E-state index contributed by atoms with van der Waals surface area (Å²) in [5.41, 5.74) is 2.72. The lowest BCUT2D eigenvalue weighted by molar-refractivity contribution is 0.0170. The van der Waals surface area contributed by atoms with Crippen LogP contribution in [0.4, 0.5) is 4.39 Å². The smallest absolute Gasteiger partial charge is 0.251 e. The third kappa shape index (κ3) is 6.50. The second-order valence-electron chi connectivity index (χ2n) is 7.30. The predicted molar refractivity (Wildman–Crippen MR) is 120 cm³/mol. The second-order valence-corrected chi connectivity index (χ2v) is 7.30. The number of guanidine groups is 1. The maximum Gasteiger partial charge on any atom is 0.251 e. The van der Waals surface area contributed by atoms with E-state index in [1.807, 2.05) is 24.3 Å². The molecule has 7 nitrogen and oxygen atoms in total. The molecule has 0 radical (unpaired) electrons. The summed E-state index contributed by atoms with van der Waals surface area (Å²) < 4.78 is 18.9. The molecule has 0 spiro atoms. The van der Waals surface area contributed by atoms with Crippen LogP contribution in [-0.4, -0.2) is 63.7 Å². The molecule has 1 unspecified atom stereocenters. The van der Waals surface area contributed by atoms with Crippen LogP contribution in [0.1, 0.15) is 27.5 Å². The number of aliphatic imine (C=N–C) groups is 1. The summed E-state index contributed by atoms with van der Waals surface area (Å²) in [6.45, 7) is 4.24. The Morgan fingerprint density at radius 1 is 1.10 bits per heavy atom. The topological polar surface area (TPSA) is 78.0 Å². The first kappa shape index (κ1) is 22.7. The molecule has 1 amide bonds. The van der Waals surface area contributed by atoms with Gasteiger partial charge in [0, 0.05) is 45.8 Å². The molecule has 1 atom stereocenters. The summed E-state index contributed by atoms with van der Waals surface area (Å²) in [5, 5.41) is 9.30. The van der Waals surface area contributed by atoms with Gasteiger partial charge in [0.25, 0.3) is 5.91 Å². The Kier molecular flexibility index (Phi) is 8.37. The summed E-state index contributed by atoms with van der Waals surface area (Å²) >= 11 is 0. The lowest BCUT2D eigenvalue weighted by Crippen LogP contribution is -2.46. The first-order valence-electron chi connectivity index (χ1n) is 10.4. The van der Waals surface area contributed by atoms with Gasteiger partial charge in [-0.25, -0.2) is 4.39 Å². The van der Waals surface area contributed by atoms with Crippen LogP contribution in [-0.2, 0) is 11.3 Å². The van der Waals surface area contributed by atoms with Crippen LogP contribution < -0.4 is 16.0 Å². The molecule has 0 aliphatic carbocycles. The van der Waals surface area contributed by atoms with Crippen LogP contribution in [0.3, 0.4) is 0 Å². The zero-order chi connectivity index (χ0) is 22.1. The van der Waals surface area contributed by atoms with E-state index in [1.165, 1.54) is 12.1 Å². The Bertz CT molecular complexity index is 865. The van der Waals surface area contributed by atoms with Gasteiger partial charge in [-0.3, -0.25) is 14.7 Å². The van der Waals surface area contributed by atoms with E-state index in [2.05, 4.69) is 25.8 Å². The molecule has 166 valence electrons. The quantitative estimate of drug-likeness (QED) is 0.465. The van der Waals surface area contributed by atoms with Gasteiger partial charge in [0.1, 0.15) is 5.82 Å².